The molecule has 1 nitrogen and oxygen atoms in total. The Labute approximate surface area is 465 Å². The highest BCUT2D eigenvalue weighted by molar-refractivity contribution is 9.10. The highest BCUT2D eigenvalue weighted by Crippen LogP contribution is 2.46. The van der Waals surface area contributed by atoms with E-state index in [0.29, 0.717) is 6.61 Å². The van der Waals surface area contributed by atoms with Crippen molar-refractivity contribution in [3.63, 3.8) is 0 Å². The second kappa shape index (κ2) is 23.2. The van der Waals surface area contributed by atoms with E-state index < -0.39 is 8.32 Å². The SMILES string of the molecule is CC1=C(C2=CCCCC2)Cc2ccccc21.CC1=C(C2CC2)Cc2ccccc21.CC1=C(CO[Si](c2ccccc2)(c2ccccc2)C(C)(C)C)Cc2ccccc21.CC1=C(c2ccccc2Br)Cc2ccc(C)cc21. The van der Waals surface area contributed by atoms with Crippen LogP contribution in [0.25, 0.3) is 27.9 Å². The van der Waals surface area contributed by atoms with E-state index in [2.05, 4.69) is 253 Å². The molecule has 13 rings (SSSR count). The van der Waals surface area contributed by atoms with Crippen LogP contribution in [0.3, 0.4) is 0 Å². The molecule has 7 aromatic rings. The number of benzene rings is 7. The van der Waals surface area contributed by atoms with E-state index in [1.165, 1.54) is 138 Å². The first-order chi connectivity index (χ1) is 36.8. The molecule has 7 aromatic carbocycles. The third-order valence-corrected chi connectivity index (χ3v) is 22.9. The minimum atomic E-state index is -2.48. The van der Waals surface area contributed by atoms with E-state index >= 15 is 0 Å². The molecule has 1 fully saturated rings. The minimum absolute atomic E-state index is 0.00955. The number of aryl methyl sites for hydroxylation is 1. The van der Waals surface area contributed by atoms with Gasteiger partial charge in [-0.2, -0.15) is 0 Å². The number of hydrogen-bond acceptors (Lipinski definition) is 1. The average molecular weight is 1080 g/mol. The Kier molecular flexibility index (Phi) is 16.3. The van der Waals surface area contributed by atoms with Crippen molar-refractivity contribution in [2.24, 2.45) is 5.92 Å². The highest BCUT2D eigenvalue weighted by Gasteiger charge is 2.50. The largest absolute Gasteiger partial charge is 0.403 e. The molecule has 76 heavy (non-hydrogen) atoms. The van der Waals surface area contributed by atoms with E-state index in [9.17, 15) is 0 Å². The lowest BCUT2D eigenvalue weighted by Gasteiger charge is -2.43. The van der Waals surface area contributed by atoms with Crippen molar-refractivity contribution in [3.05, 3.63) is 264 Å². The summed E-state index contributed by atoms with van der Waals surface area (Å²) in [6.45, 7) is 18.9. The molecule has 1 saturated carbocycles. The maximum absolute atomic E-state index is 7.13. The molecule has 0 spiro atoms. The summed E-state index contributed by atoms with van der Waals surface area (Å²) in [5, 5.41) is 2.69. The summed E-state index contributed by atoms with van der Waals surface area (Å²) >= 11 is 3.66. The second-order valence-corrected chi connectivity index (χ2v) is 28.3. The van der Waals surface area contributed by atoms with E-state index in [1.54, 1.807) is 27.9 Å². The fourth-order valence-electron chi connectivity index (χ4n) is 12.8. The predicted molar refractivity (Wildman–Crippen MR) is 333 cm³/mol. The van der Waals surface area contributed by atoms with E-state index in [-0.39, 0.29) is 5.04 Å². The second-order valence-electron chi connectivity index (χ2n) is 23.1. The van der Waals surface area contributed by atoms with Gasteiger partial charge in [-0.05, 0) is 221 Å². The lowest BCUT2D eigenvalue weighted by Crippen LogP contribution is -2.66. The van der Waals surface area contributed by atoms with Gasteiger partial charge in [-0.25, -0.2) is 0 Å². The Hall–Kier alpha value is -6.10. The summed E-state index contributed by atoms with van der Waals surface area (Å²) in [5.41, 5.74) is 28.1. The van der Waals surface area contributed by atoms with Gasteiger partial charge in [-0.1, -0.05) is 224 Å². The van der Waals surface area contributed by atoms with Gasteiger partial charge in [0.1, 0.15) is 0 Å². The summed E-state index contributed by atoms with van der Waals surface area (Å²) in [7, 11) is -2.48. The molecule has 0 N–H and O–H groups in total. The molecule has 0 saturated heterocycles. The van der Waals surface area contributed by atoms with Crippen LogP contribution in [0.4, 0.5) is 0 Å². The monoisotopic (exact) mass is 1080 g/mol. The first-order valence-corrected chi connectivity index (χ1v) is 30.8. The fraction of sp³-hybridized carbons (Fsp3) is 0.288. The fourth-order valence-corrected chi connectivity index (χ4v) is 17.9. The van der Waals surface area contributed by atoms with Gasteiger partial charge >= 0.3 is 0 Å². The maximum atomic E-state index is 7.13. The number of fused-ring (bicyclic) bond motifs is 4. The third-order valence-electron chi connectivity index (χ3n) is 17.2. The van der Waals surface area contributed by atoms with E-state index in [0.717, 1.165) is 25.2 Å². The molecule has 386 valence electrons. The topological polar surface area (TPSA) is 9.23 Å². The molecule has 6 aliphatic rings. The van der Waals surface area contributed by atoms with Gasteiger partial charge in [-0.15, -0.1) is 0 Å². The predicted octanol–water partition coefficient (Wildman–Crippen LogP) is 18.8. The van der Waals surface area contributed by atoms with Crippen molar-refractivity contribution >= 4 is 62.5 Å². The summed E-state index contributed by atoms with van der Waals surface area (Å²) in [6.07, 6.45) is 15.1. The zero-order valence-electron chi connectivity index (χ0n) is 46.5. The summed E-state index contributed by atoms with van der Waals surface area (Å²) in [5.74, 6) is 0.937. The summed E-state index contributed by atoms with van der Waals surface area (Å²) in [6, 6.07) is 63.5. The molecule has 0 atom stereocenters. The third kappa shape index (κ3) is 11.2. The molecule has 0 aliphatic heterocycles. The first-order valence-electron chi connectivity index (χ1n) is 28.1. The quantitative estimate of drug-likeness (QED) is 0.138. The van der Waals surface area contributed by atoms with Crippen LogP contribution in [0.1, 0.15) is 143 Å². The summed E-state index contributed by atoms with van der Waals surface area (Å²) in [4.78, 5) is 0. The Bertz CT molecular complexity index is 3370. The first kappa shape index (κ1) is 53.3. The lowest BCUT2D eigenvalue weighted by atomic mass is 9.91. The normalized spacial score (nSPS) is 16.4. The van der Waals surface area contributed by atoms with Crippen LogP contribution in [0.15, 0.2) is 209 Å². The molecule has 0 amide bonds. The Morgan fingerprint density at radius 1 is 0.487 bits per heavy atom. The van der Waals surface area contributed by atoms with Crippen molar-refractivity contribution in [1.29, 1.82) is 0 Å². The maximum Gasteiger partial charge on any atom is 0.261 e. The number of hydrogen-bond donors (Lipinski definition) is 0. The van der Waals surface area contributed by atoms with Gasteiger partial charge in [0, 0.05) is 4.47 Å². The zero-order chi connectivity index (χ0) is 53.0. The molecular formula is C73H77BrOSi. The molecule has 0 bridgehead atoms. The highest BCUT2D eigenvalue weighted by atomic mass is 79.9. The Morgan fingerprint density at radius 3 is 1.53 bits per heavy atom. The van der Waals surface area contributed by atoms with E-state index in [4.69, 9.17) is 4.43 Å². The number of halogens is 1. The van der Waals surface area contributed by atoms with Crippen LogP contribution in [0.5, 0.6) is 0 Å². The van der Waals surface area contributed by atoms with Gasteiger partial charge in [-0.3, -0.25) is 0 Å². The van der Waals surface area contributed by atoms with Crippen LogP contribution < -0.4 is 10.4 Å². The molecule has 6 aliphatic carbocycles. The van der Waals surface area contributed by atoms with Gasteiger partial charge in [0.2, 0.25) is 0 Å². The molecule has 0 aromatic heterocycles. The molecule has 0 unspecified atom stereocenters. The van der Waals surface area contributed by atoms with Crippen molar-refractivity contribution in [2.75, 3.05) is 6.61 Å². The van der Waals surface area contributed by atoms with Gasteiger partial charge in [0.15, 0.2) is 0 Å². The standard InChI is InChI=1S/C27H30OSi.C17H15Br.C16H18.C13H14/c1-21-23(19-22-13-11-12-18-26(21)22)20-28-29(27(2,3)4,24-14-7-5-8-15-24)25-16-9-6-10-17-25;1-11-7-8-13-10-16(12(2)15(13)9-11)14-5-3-4-6-17(14)18;1-12-15-10-6-5-9-14(15)11-16(12)13-7-3-2-4-8-13;1-9-12-5-3-2-4-11(12)8-13(9)10-6-7-10/h5-18H,19-20H2,1-4H3;3-9H,10H2,1-2H3;5-7,9-10H,2-4,8,11H2,1H3;2-5,10H,6-8H2,1H3. The smallest absolute Gasteiger partial charge is 0.261 e. The summed E-state index contributed by atoms with van der Waals surface area (Å²) < 4.78 is 8.32. The van der Waals surface area contributed by atoms with Crippen LogP contribution >= 0.6 is 15.9 Å². The van der Waals surface area contributed by atoms with Crippen molar-refractivity contribution < 1.29 is 4.43 Å². The molecule has 0 heterocycles. The van der Waals surface area contributed by atoms with Gasteiger partial charge in [0.05, 0.1) is 6.61 Å². The Morgan fingerprint density at radius 2 is 0.987 bits per heavy atom. The van der Waals surface area contributed by atoms with E-state index in [1.807, 2.05) is 0 Å². The number of rotatable bonds is 8. The van der Waals surface area contributed by atoms with Crippen LogP contribution in [0, 0.1) is 12.8 Å². The number of allylic oxidation sites excluding steroid dienone is 9. The van der Waals surface area contributed by atoms with Gasteiger partial charge < -0.3 is 4.43 Å². The minimum Gasteiger partial charge on any atom is -0.403 e. The molecular weight excluding hydrogens is 1000 g/mol. The van der Waals surface area contributed by atoms with Gasteiger partial charge in [0.25, 0.3) is 8.32 Å². The van der Waals surface area contributed by atoms with Crippen LogP contribution in [0.2, 0.25) is 5.04 Å². The molecule has 0 radical (unpaired) electrons. The average Bonchev–Trinajstić information content (AvgIpc) is 3.94. The van der Waals surface area contributed by atoms with Crippen LogP contribution in [-0.4, -0.2) is 14.9 Å². The van der Waals surface area contributed by atoms with Crippen molar-refractivity contribution in [3.8, 4) is 0 Å². The zero-order valence-corrected chi connectivity index (χ0v) is 49.0. The van der Waals surface area contributed by atoms with Crippen molar-refractivity contribution in [1.82, 2.24) is 0 Å². The van der Waals surface area contributed by atoms with Crippen LogP contribution in [-0.2, 0) is 30.1 Å². The molecule has 3 heteroatoms. The van der Waals surface area contributed by atoms with Crippen molar-refractivity contribution in [2.45, 2.75) is 125 Å². The Balaban J connectivity index is 0.000000121. The lowest BCUT2D eigenvalue weighted by molar-refractivity contribution is 0.328.